The Labute approximate surface area is 180 Å². The van der Waals surface area contributed by atoms with Gasteiger partial charge >= 0.3 is 0 Å². The lowest BCUT2D eigenvalue weighted by molar-refractivity contribution is 0.0689. The second-order valence-corrected chi connectivity index (χ2v) is 7.10. The number of rotatable bonds is 5. The van der Waals surface area contributed by atoms with Crippen LogP contribution in [-0.4, -0.2) is 33.4 Å². The Morgan fingerprint density at radius 3 is 2.58 bits per heavy atom. The first-order valence-electron chi connectivity index (χ1n) is 9.98. The molecule has 0 aliphatic carbocycles. The van der Waals surface area contributed by atoms with Crippen molar-refractivity contribution in [3.63, 3.8) is 0 Å². The van der Waals surface area contributed by atoms with Gasteiger partial charge in [0.15, 0.2) is 17.7 Å². The van der Waals surface area contributed by atoms with Gasteiger partial charge in [0.1, 0.15) is 5.75 Å². The number of amides is 1. The molecule has 1 aliphatic rings. The van der Waals surface area contributed by atoms with E-state index in [0.717, 1.165) is 0 Å². The van der Waals surface area contributed by atoms with E-state index in [1.807, 2.05) is 19.1 Å². The number of hydrazone groups is 1. The SMILES string of the molecule is CCOc1cc(C2Nc3ccccc3C(=O)N2N=C(C)c2ccccc2O)ccc1O. The molecule has 1 unspecified atom stereocenters. The minimum atomic E-state index is -0.636. The van der Waals surface area contributed by atoms with Gasteiger partial charge in [-0.25, -0.2) is 5.01 Å². The van der Waals surface area contributed by atoms with Crippen molar-refractivity contribution in [2.45, 2.75) is 20.0 Å². The van der Waals surface area contributed by atoms with Crippen molar-refractivity contribution >= 4 is 17.3 Å². The molecule has 1 heterocycles. The predicted octanol–water partition coefficient (Wildman–Crippen LogP) is 4.49. The molecule has 0 spiro atoms. The molecular formula is C24H23N3O4. The zero-order chi connectivity index (χ0) is 22.0. The zero-order valence-electron chi connectivity index (χ0n) is 17.2. The highest BCUT2D eigenvalue weighted by molar-refractivity contribution is 6.05. The lowest BCUT2D eigenvalue weighted by Gasteiger charge is -2.35. The zero-order valence-corrected chi connectivity index (χ0v) is 17.2. The molecule has 31 heavy (non-hydrogen) atoms. The fourth-order valence-electron chi connectivity index (χ4n) is 3.54. The highest BCUT2D eigenvalue weighted by Gasteiger charge is 2.34. The van der Waals surface area contributed by atoms with Gasteiger partial charge in [0, 0.05) is 16.8 Å². The molecule has 4 rings (SSSR count). The summed E-state index contributed by atoms with van der Waals surface area (Å²) in [6, 6.07) is 19.0. The van der Waals surface area contributed by atoms with E-state index >= 15 is 0 Å². The Kier molecular flexibility index (Phi) is 5.49. The van der Waals surface area contributed by atoms with Crippen LogP contribution in [0.15, 0.2) is 71.8 Å². The number of carbonyl (C=O) groups excluding carboxylic acids is 1. The summed E-state index contributed by atoms with van der Waals surface area (Å²) in [6.07, 6.45) is -0.636. The number of para-hydroxylation sites is 2. The fraction of sp³-hybridized carbons (Fsp3) is 0.167. The Balaban J connectivity index is 1.82. The number of nitrogens with zero attached hydrogens (tertiary/aromatic N) is 2. The molecule has 0 fully saturated rings. The third kappa shape index (κ3) is 3.90. The molecule has 0 saturated heterocycles. The lowest BCUT2D eigenvalue weighted by Crippen LogP contribution is -2.40. The van der Waals surface area contributed by atoms with Crippen LogP contribution in [0.25, 0.3) is 0 Å². The van der Waals surface area contributed by atoms with E-state index in [2.05, 4.69) is 10.4 Å². The Bertz CT molecular complexity index is 1160. The van der Waals surface area contributed by atoms with Crippen LogP contribution in [0, 0.1) is 0 Å². The Morgan fingerprint density at radius 1 is 1.06 bits per heavy atom. The van der Waals surface area contributed by atoms with Crippen LogP contribution < -0.4 is 10.1 Å². The molecule has 3 aromatic rings. The number of anilines is 1. The maximum absolute atomic E-state index is 13.4. The van der Waals surface area contributed by atoms with Gasteiger partial charge in [-0.15, -0.1) is 0 Å². The van der Waals surface area contributed by atoms with Crippen LogP contribution >= 0.6 is 0 Å². The Morgan fingerprint density at radius 2 is 1.81 bits per heavy atom. The van der Waals surface area contributed by atoms with Crippen LogP contribution in [0.2, 0.25) is 0 Å². The number of carbonyl (C=O) groups is 1. The summed E-state index contributed by atoms with van der Waals surface area (Å²) < 4.78 is 5.52. The summed E-state index contributed by atoms with van der Waals surface area (Å²) in [7, 11) is 0. The molecule has 1 atom stereocenters. The molecule has 0 radical (unpaired) electrons. The van der Waals surface area contributed by atoms with Crippen molar-refractivity contribution in [2.24, 2.45) is 5.10 Å². The van der Waals surface area contributed by atoms with Crippen LogP contribution in [0.3, 0.4) is 0 Å². The number of hydrogen-bond donors (Lipinski definition) is 3. The molecule has 1 amide bonds. The van der Waals surface area contributed by atoms with Gasteiger partial charge in [0.2, 0.25) is 0 Å². The molecule has 3 N–H and O–H groups in total. The minimum absolute atomic E-state index is 0.0218. The third-order valence-electron chi connectivity index (χ3n) is 5.05. The number of hydrogen-bond acceptors (Lipinski definition) is 6. The highest BCUT2D eigenvalue weighted by atomic mass is 16.5. The van der Waals surface area contributed by atoms with Crippen molar-refractivity contribution in [3.05, 3.63) is 83.4 Å². The van der Waals surface area contributed by atoms with E-state index in [4.69, 9.17) is 4.74 Å². The minimum Gasteiger partial charge on any atom is -0.507 e. The van der Waals surface area contributed by atoms with Crippen molar-refractivity contribution in [1.82, 2.24) is 5.01 Å². The normalized spacial score (nSPS) is 15.9. The first-order valence-corrected chi connectivity index (χ1v) is 9.98. The van der Waals surface area contributed by atoms with Gasteiger partial charge in [-0.3, -0.25) is 4.79 Å². The Hall–Kier alpha value is -4.00. The van der Waals surface area contributed by atoms with E-state index in [9.17, 15) is 15.0 Å². The van der Waals surface area contributed by atoms with Crippen LogP contribution in [0.1, 0.15) is 41.5 Å². The maximum atomic E-state index is 13.4. The van der Waals surface area contributed by atoms with E-state index in [-0.39, 0.29) is 17.4 Å². The number of ether oxygens (including phenoxy) is 1. The van der Waals surface area contributed by atoms with Crippen LogP contribution in [0.4, 0.5) is 5.69 Å². The molecule has 158 valence electrons. The summed E-state index contributed by atoms with van der Waals surface area (Å²) in [5.41, 5.74) is 2.90. The summed E-state index contributed by atoms with van der Waals surface area (Å²) in [4.78, 5) is 13.4. The molecule has 0 saturated carbocycles. The average Bonchev–Trinajstić information content (AvgIpc) is 2.77. The van der Waals surface area contributed by atoms with E-state index in [1.54, 1.807) is 55.5 Å². The predicted molar refractivity (Wildman–Crippen MR) is 119 cm³/mol. The smallest absolute Gasteiger partial charge is 0.278 e. The lowest BCUT2D eigenvalue weighted by atomic mass is 10.0. The van der Waals surface area contributed by atoms with Crippen molar-refractivity contribution < 1.29 is 19.7 Å². The summed E-state index contributed by atoms with van der Waals surface area (Å²) in [5, 5.41) is 29.6. The number of fused-ring (bicyclic) bond motifs is 1. The number of phenolic OH excluding ortho intramolecular Hbond substituents is 2. The molecule has 7 heteroatoms. The molecule has 1 aliphatic heterocycles. The standard InChI is InChI=1S/C24H23N3O4/c1-3-31-22-14-16(12-13-21(22)29)23-25-19-10-6-4-9-18(19)24(30)27(23)26-15(2)17-8-5-7-11-20(17)28/h4-14,23,25,28-29H,3H2,1-2H3. The first kappa shape index (κ1) is 20.3. The van der Waals surface area contributed by atoms with Crippen LogP contribution in [-0.2, 0) is 0 Å². The molecule has 0 bridgehead atoms. The topological polar surface area (TPSA) is 94.4 Å². The summed E-state index contributed by atoms with van der Waals surface area (Å²) in [6.45, 7) is 3.96. The van der Waals surface area contributed by atoms with Gasteiger partial charge in [0.05, 0.1) is 17.9 Å². The average molecular weight is 417 g/mol. The van der Waals surface area contributed by atoms with Gasteiger partial charge in [-0.1, -0.05) is 30.3 Å². The van der Waals surface area contributed by atoms with E-state index < -0.39 is 6.17 Å². The molecule has 7 nitrogen and oxygen atoms in total. The largest absolute Gasteiger partial charge is 0.507 e. The summed E-state index contributed by atoms with van der Waals surface area (Å²) in [5.74, 6) is 0.157. The van der Waals surface area contributed by atoms with Crippen molar-refractivity contribution in [2.75, 3.05) is 11.9 Å². The van der Waals surface area contributed by atoms with Crippen molar-refractivity contribution in [3.8, 4) is 17.2 Å². The number of aromatic hydroxyl groups is 2. The molecular weight excluding hydrogens is 394 g/mol. The van der Waals surface area contributed by atoms with Gasteiger partial charge in [0.25, 0.3) is 5.91 Å². The quantitative estimate of drug-likeness (QED) is 0.532. The molecule has 3 aromatic carbocycles. The monoisotopic (exact) mass is 417 g/mol. The second kappa shape index (κ2) is 8.39. The molecule has 0 aromatic heterocycles. The van der Waals surface area contributed by atoms with E-state index in [0.29, 0.717) is 40.4 Å². The first-order chi connectivity index (χ1) is 15.0. The van der Waals surface area contributed by atoms with Gasteiger partial charge < -0.3 is 20.3 Å². The van der Waals surface area contributed by atoms with Crippen molar-refractivity contribution in [1.29, 1.82) is 0 Å². The van der Waals surface area contributed by atoms with Gasteiger partial charge in [-0.2, -0.15) is 5.10 Å². The second-order valence-electron chi connectivity index (χ2n) is 7.10. The number of benzene rings is 3. The van der Waals surface area contributed by atoms with Crippen LogP contribution in [0.5, 0.6) is 17.2 Å². The highest BCUT2D eigenvalue weighted by Crippen LogP contribution is 2.37. The maximum Gasteiger partial charge on any atom is 0.278 e. The third-order valence-corrected chi connectivity index (χ3v) is 5.05. The fourth-order valence-corrected chi connectivity index (χ4v) is 3.54. The summed E-state index contributed by atoms with van der Waals surface area (Å²) >= 11 is 0. The number of nitrogens with one attached hydrogen (secondary N) is 1. The van der Waals surface area contributed by atoms with E-state index in [1.165, 1.54) is 11.1 Å². The van der Waals surface area contributed by atoms with Gasteiger partial charge in [-0.05, 0) is 50.2 Å². The number of phenols is 2.